The molecule has 1 aromatic heterocycles. The number of halogens is 1. The Balaban J connectivity index is 1.74. The fourth-order valence-corrected chi connectivity index (χ4v) is 5.32. The van der Waals surface area contributed by atoms with Crippen LogP contribution in [0.2, 0.25) is 5.02 Å². The van der Waals surface area contributed by atoms with Gasteiger partial charge in [0.1, 0.15) is 6.04 Å². The van der Waals surface area contributed by atoms with Crippen LogP contribution < -0.4 is 5.32 Å². The summed E-state index contributed by atoms with van der Waals surface area (Å²) in [5.41, 5.74) is 0.0965. The minimum Gasteiger partial charge on any atom is -0.461 e. The van der Waals surface area contributed by atoms with Gasteiger partial charge >= 0.3 is 5.97 Å². The van der Waals surface area contributed by atoms with E-state index >= 15 is 0 Å². The zero-order chi connectivity index (χ0) is 20.3. The van der Waals surface area contributed by atoms with Crippen LogP contribution in [0.5, 0.6) is 0 Å². The first-order valence-electron chi connectivity index (χ1n) is 8.54. The minimum atomic E-state index is -3.83. The zero-order valence-corrected chi connectivity index (χ0v) is 17.3. The highest BCUT2D eigenvalue weighted by Crippen LogP contribution is 2.28. The number of esters is 1. The molecule has 2 heterocycles. The topological polar surface area (TPSA) is 106 Å². The third kappa shape index (κ3) is 4.35. The van der Waals surface area contributed by atoms with Crippen molar-refractivity contribution >= 4 is 50.0 Å². The van der Waals surface area contributed by atoms with Crippen LogP contribution in [0.25, 0.3) is 0 Å². The van der Waals surface area contributed by atoms with Crippen LogP contribution in [0.3, 0.4) is 0 Å². The maximum Gasteiger partial charge on any atom is 0.357 e. The van der Waals surface area contributed by atoms with Crippen LogP contribution in [-0.2, 0) is 19.6 Å². The number of rotatable bonds is 6. The Hall–Kier alpha value is -2.01. The fraction of sp³-hybridized carbons (Fsp3) is 0.353. The molecule has 0 bridgehead atoms. The number of hydrogen-bond acceptors (Lipinski definition) is 7. The van der Waals surface area contributed by atoms with Crippen LogP contribution in [-0.4, -0.2) is 48.8 Å². The lowest BCUT2D eigenvalue weighted by atomic mass is 10.2. The summed E-state index contributed by atoms with van der Waals surface area (Å²) in [6.07, 6.45) is 0.964. The van der Waals surface area contributed by atoms with E-state index in [0.29, 0.717) is 17.9 Å². The number of hydrogen-bond donors (Lipinski definition) is 1. The van der Waals surface area contributed by atoms with E-state index in [0.717, 1.165) is 11.3 Å². The fourth-order valence-electron chi connectivity index (χ4n) is 2.85. The molecule has 0 aliphatic carbocycles. The maximum atomic E-state index is 12.9. The molecule has 1 amide bonds. The van der Waals surface area contributed by atoms with E-state index in [9.17, 15) is 18.0 Å². The summed E-state index contributed by atoms with van der Waals surface area (Å²) in [5.74, 6) is -1.06. The summed E-state index contributed by atoms with van der Waals surface area (Å²) in [5, 5.41) is 4.71. The number of nitrogens with one attached hydrogen (secondary N) is 1. The molecule has 1 aromatic carbocycles. The van der Waals surface area contributed by atoms with Crippen molar-refractivity contribution in [2.45, 2.75) is 30.7 Å². The van der Waals surface area contributed by atoms with Crippen molar-refractivity contribution in [2.75, 3.05) is 18.5 Å². The van der Waals surface area contributed by atoms with Crippen LogP contribution in [0.15, 0.2) is 34.5 Å². The second-order valence-corrected chi connectivity index (χ2v) is 9.16. The second-order valence-electron chi connectivity index (χ2n) is 5.98. The molecule has 1 atom stereocenters. The molecule has 2 aromatic rings. The van der Waals surface area contributed by atoms with Crippen molar-refractivity contribution in [3.63, 3.8) is 0 Å². The van der Waals surface area contributed by atoms with Gasteiger partial charge in [-0.15, -0.1) is 11.3 Å². The SMILES string of the molecule is CCOC(=O)c1csc(NC(=O)C2CCCN2S(=O)(=O)c2ccc(Cl)cc2)n1. The van der Waals surface area contributed by atoms with Crippen LogP contribution >= 0.6 is 22.9 Å². The number of anilines is 1. The molecule has 1 N–H and O–H groups in total. The highest BCUT2D eigenvalue weighted by atomic mass is 35.5. The van der Waals surface area contributed by atoms with Crippen molar-refractivity contribution in [2.24, 2.45) is 0 Å². The zero-order valence-electron chi connectivity index (χ0n) is 14.9. The molecule has 0 radical (unpaired) electrons. The number of sulfonamides is 1. The molecule has 150 valence electrons. The monoisotopic (exact) mass is 443 g/mol. The van der Waals surface area contributed by atoms with E-state index < -0.39 is 27.9 Å². The molecule has 11 heteroatoms. The first-order valence-corrected chi connectivity index (χ1v) is 11.2. The molecular formula is C17H18ClN3O5S2. The Morgan fingerprint density at radius 3 is 2.75 bits per heavy atom. The third-order valence-corrected chi connectivity index (χ3v) is 7.08. The molecule has 1 saturated heterocycles. The molecule has 0 saturated carbocycles. The average Bonchev–Trinajstić information content (AvgIpc) is 3.32. The number of aromatic nitrogens is 1. The van der Waals surface area contributed by atoms with Crippen LogP contribution in [0.4, 0.5) is 5.13 Å². The Kier molecular flexibility index (Phi) is 6.33. The van der Waals surface area contributed by atoms with Gasteiger partial charge < -0.3 is 10.1 Å². The van der Waals surface area contributed by atoms with E-state index in [4.69, 9.17) is 16.3 Å². The highest BCUT2D eigenvalue weighted by Gasteiger charge is 2.39. The van der Waals surface area contributed by atoms with Crippen molar-refractivity contribution in [1.82, 2.24) is 9.29 Å². The van der Waals surface area contributed by atoms with Gasteiger partial charge in [0.25, 0.3) is 0 Å². The molecule has 1 fully saturated rings. The summed E-state index contributed by atoms with van der Waals surface area (Å²) in [6.45, 7) is 2.15. The van der Waals surface area contributed by atoms with Gasteiger partial charge in [-0.3, -0.25) is 4.79 Å². The quantitative estimate of drug-likeness (QED) is 0.688. The molecule has 28 heavy (non-hydrogen) atoms. The number of carbonyl (C=O) groups excluding carboxylic acids is 2. The van der Waals surface area contributed by atoms with Crippen LogP contribution in [0.1, 0.15) is 30.3 Å². The second kappa shape index (κ2) is 8.56. The number of benzene rings is 1. The van der Waals surface area contributed by atoms with E-state index in [2.05, 4.69) is 10.3 Å². The van der Waals surface area contributed by atoms with Gasteiger partial charge in [0.15, 0.2) is 10.8 Å². The maximum absolute atomic E-state index is 12.9. The van der Waals surface area contributed by atoms with E-state index in [1.807, 2.05) is 0 Å². The lowest BCUT2D eigenvalue weighted by Crippen LogP contribution is -2.43. The van der Waals surface area contributed by atoms with Crippen molar-refractivity contribution < 1.29 is 22.7 Å². The van der Waals surface area contributed by atoms with Gasteiger partial charge in [-0.05, 0) is 44.0 Å². The number of carbonyl (C=O) groups is 2. The predicted octanol–water partition coefficient (Wildman–Crippen LogP) is 2.77. The standard InChI is InChI=1S/C17H18ClN3O5S2/c1-2-26-16(23)13-10-27-17(19-13)20-15(22)14-4-3-9-21(14)28(24,25)12-7-5-11(18)6-8-12/h5-8,10,14H,2-4,9H2,1H3,(H,19,20,22). The average molecular weight is 444 g/mol. The van der Waals surface area contributed by atoms with E-state index in [1.54, 1.807) is 6.92 Å². The van der Waals surface area contributed by atoms with Gasteiger partial charge in [-0.1, -0.05) is 11.6 Å². The first kappa shape index (κ1) is 20.7. The molecule has 1 aliphatic rings. The minimum absolute atomic E-state index is 0.0791. The number of ether oxygens (including phenoxy) is 1. The normalized spacial score (nSPS) is 17.4. The number of thiazole rings is 1. The largest absolute Gasteiger partial charge is 0.461 e. The summed E-state index contributed by atoms with van der Waals surface area (Å²) >= 11 is 6.89. The third-order valence-electron chi connectivity index (χ3n) is 4.15. The van der Waals surface area contributed by atoms with E-state index in [1.165, 1.54) is 34.0 Å². The van der Waals surface area contributed by atoms with Gasteiger partial charge in [0.05, 0.1) is 11.5 Å². The van der Waals surface area contributed by atoms with Gasteiger partial charge in [0.2, 0.25) is 15.9 Å². The number of amides is 1. The molecule has 3 rings (SSSR count). The summed E-state index contributed by atoms with van der Waals surface area (Å²) in [6, 6.07) is 4.96. The Bertz CT molecular complexity index is 975. The molecule has 1 unspecified atom stereocenters. The molecule has 8 nitrogen and oxygen atoms in total. The predicted molar refractivity (Wildman–Crippen MR) is 105 cm³/mol. The Morgan fingerprint density at radius 1 is 1.36 bits per heavy atom. The Morgan fingerprint density at radius 2 is 2.07 bits per heavy atom. The lowest BCUT2D eigenvalue weighted by molar-refractivity contribution is -0.119. The molecule has 1 aliphatic heterocycles. The first-order chi connectivity index (χ1) is 13.3. The number of nitrogens with zero attached hydrogens (tertiary/aromatic N) is 2. The van der Waals surface area contributed by atoms with Gasteiger partial charge in [-0.25, -0.2) is 18.2 Å². The summed E-state index contributed by atoms with van der Waals surface area (Å²) in [4.78, 5) is 28.5. The Labute approximate surface area is 171 Å². The summed E-state index contributed by atoms with van der Waals surface area (Å²) < 4.78 is 31.9. The van der Waals surface area contributed by atoms with Gasteiger partial charge in [-0.2, -0.15) is 4.31 Å². The molecular weight excluding hydrogens is 426 g/mol. The van der Waals surface area contributed by atoms with Crippen LogP contribution in [0, 0.1) is 0 Å². The van der Waals surface area contributed by atoms with Crippen molar-refractivity contribution in [3.05, 3.63) is 40.4 Å². The van der Waals surface area contributed by atoms with Crippen molar-refractivity contribution in [1.29, 1.82) is 0 Å². The highest BCUT2D eigenvalue weighted by molar-refractivity contribution is 7.89. The van der Waals surface area contributed by atoms with Crippen molar-refractivity contribution in [3.8, 4) is 0 Å². The van der Waals surface area contributed by atoms with Gasteiger partial charge in [0, 0.05) is 16.9 Å². The van der Waals surface area contributed by atoms with E-state index in [-0.39, 0.29) is 28.9 Å². The smallest absolute Gasteiger partial charge is 0.357 e. The summed E-state index contributed by atoms with van der Waals surface area (Å²) in [7, 11) is -3.83. The molecule has 0 spiro atoms. The lowest BCUT2D eigenvalue weighted by Gasteiger charge is -2.23.